The van der Waals surface area contributed by atoms with Gasteiger partial charge in [-0.2, -0.15) is 55.3 Å². The van der Waals surface area contributed by atoms with Crippen LogP contribution in [-0.4, -0.2) is 286 Å². The maximum Gasteiger partial charge on any atom is 0.394 e. The molecule has 0 amide bonds. The summed E-state index contributed by atoms with van der Waals surface area (Å²) < 4.78 is 50.8. The fraction of sp³-hybridized carbons (Fsp3) is 0.695. The minimum absolute atomic E-state index is 0.00630. The maximum absolute atomic E-state index is 13.1. The molecule has 0 aliphatic carbocycles. The number of nitrogens with zero attached hydrogens (tertiary/aromatic N) is 21. The van der Waals surface area contributed by atoms with Crippen molar-refractivity contribution in [3.05, 3.63) is 0 Å². The molecule has 0 N–H and O–H groups in total. The first kappa shape index (κ1) is 74.9. The first-order chi connectivity index (χ1) is 40.6. The Morgan fingerprint density at radius 3 is 0.976 bits per heavy atom. The van der Waals surface area contributed by atoms with E-state index in [2.05, 4.69) is 95.4 Å². The van der Waals surface area contributed by atoms with E-state index in [-0.39, 0.29) is 32.7 Å². The van der Waals surface area contributed by atoms with Crippen LogP contribution >= 0.6 is 0 Å². The Morgan fingerprint density at radius 2 is 0.583 bits per heavy atom. The van der Waals surface area contributed by atoms with Gasteiger partial charge in [0, 0.05) is 130 Å². The van der Waals surface area contributed by atoms with Gasteiger partial charge in [-0.05, 0) is 12.8 Å². The van der Waals surface area contributed by atoms with E-state index in [1.807, 2.05) is 31.7 Å². The number of halogens is 4. The number of rotatable bonds is 17. The molecule has 6 rings (SSSR count). The van der Waals surface area contributed by atoms with Crippen molar-refractivity contribution in [1.29, 1.82) is 42.1 Å². The Hall–Kier alpha value is -7.08. The van der Waals surface area contributed by atoms with Crippen LogP contribution in [0.5, 0.6) is 0 Å². The minimum atomic E-state index is -4.24. The van der Waals surface area contributed by atoms with Crippen molar-refractivity contribution >= 4 is 0 Å². The molecule has 2 unspecified atom stereocenters. The van der Waals surface area contributed by atoms with E-state index in [0.29, 0.717) is 105 Å². The third kappa shape index (κ3) is 35.1. The van der Waals surface area contributed by atoms with Gasteiger partial charge in [-0.15, -0.1) is 38.0 Å². The lowest BCUT2D eigenvalue weighted by Gasteiger charge is -2.39. The second-order valence-electron chi connectivity index (χ2n) is 20.4. The molecule has 2 atom stereocenters. The van der Waals surface area contributed by atoms with Crippen molar-refractivity contribution in [2.45, 2.75) is 50.9 Å². The molecule has 0 bridgehead atoms. The zero-order chi connectivity index (χ0) is 62.2. The highest BCUT2D eigenvalue weighted by Gasteiger charge is 2.43. The van der Waals surface area contributed by atoms with Crippen LogP contribution in [0.2, 0.25) is 0 Å². The molecule has 84 heavy (non-hydrogen) atoms. The standard InChI is InChI=1S/C11H17N3.C10H12F3N3.C10H13N5.C10H16N4.C9H12FN3.C9H13N3/c1-2-3-7-13-9-5-10-14(11-13)8-4-6-12;1-2-4-15-6-9(10(11,12)13)7-16(8-15)5-3-14;1-2-5-13-8-14(6-3-11)10-15(9-13)7-4-12;11-3-1-5-13-7-9-14(10-8-13)6-2-4-12;1-2-4-12-6-9(10)7-13(8-12)5-3-11;1-2-5-11-6-3-7-12(9-11)8-4-10/h1H,3-5,7-11H2;1,9H,4-8H2;1H,5-10H2;1-2,5-10H2;1,9H,4-8H2;1H,3,5-9H2. The van der Waals surface area contributed by atoms with Gasteiger partial charge in [0.25, 0.3) is 0 Å². The predicted molar refractivity (Wildman–Crippen MR) is 311 cm³/mol. The highest BCUT2D eigenvalue weighted by molar-refractivity contribution is 4.95. The lowest BCUT2D eigenvalue weighted by molar-refractivity contribution is -0.194. The number of nitriles is 8. The second-order valence-corrected chi connectivity index (χ2v) is 20.4. The first-order valence-corrected chi connectivity index (χ1v) is 27.9. The van der Waals surface area contributed by atoms with E-state index >= 15 is 0 Å². The van der Waals surface area contributed by atoms with Crippen LogP contribution in [0.1, 0.15) is 38.5 Å². The Kier molecular flexibility index (Phi) is 42.2. The molecule has 25 heteroatoms. The number of terminal acetylenes is 5. The van der Waals surface area contributed by atoms with E-state index in [1.165, 1.54) is 16.2 Å². The normalized spacial score (nSPS) is 20.8. The molecule has 452 valence electrons. The van der Waals surface area contributed by atoms with E-state index in [1.54, 1.807) is 4.90 Å². The van der Waals surface area contributed by atoms with Gasteiger partial charge in [0.2, 0.25) is 0 Å². The largest absolute Gasteiger partial charge is 0.394 e. The molecule has 0 saturated carbocycles. The van der Waals surface area contributed by atoms with Crippen LogP contribution in [0.15, 0.2) is 0 Å². The lowest BCUT2D eigenvalue weighted by Crippen LogP contribution is -2.54. The second kappa shape index (κ2) is 47.3. The van der Waals surface area contributed by atoms with E-state index < -0.39 is 18.3 Å². The van der Waals surface area contributed by atoms with Crippen molar-refractivity contribution in [3.8, 4) is 110 Å². The summed E-state index contributed by atoms with van der Waals surface area (Å²) in [5.41, 5.74) is 0. The summed E-state index contributed by atoms with van der Waals surface area (Å²) in [4.78, 5) is 26.1. The fourth-order valence-electron chi connectivity index (χ4n) is 9.65. The molecule has 0 aromatic carbocycles. The van der Waals surface area contributed by atoms with Crippen LogP contribution < -0.4 is 0 Å². The van der Waals surface area contributed by atoms with Crippen LogP contribution in [-0.2, 0) is 0 Å². The summed E-state index contributed by atoms with van der Waals surface area (Å²) in [7, 11) is 0. The fourth-order valence-corrected chi connectivity index (χ4v) is 9.65. The molecule has 0 aromatic rings. The monoisotopic (exact) mass is 1160 g/mol. The Balaban J connectivity index is 0.000000505. The molecular weight excluding hydrogens is 1080 g/mol. The summed E-state index contributed by atoms with van der Waals surface area (Å²) in [6.07, 6.45) is 25.8. The van der Waals surface area contributed by atoms with Crippen LogP contribution in [0.3, 0.4) is 0 Å². The van der Waals surface area contributed by atoms with Crippen molar-refractivity contribution in [3.63, 3.8) is 0 Å². The highest BCUT2D eigenvalue weighted by atomic mass is 19.4. The van der Waals surface area contributed by atoms with Gasteiger partial charge in [-0.3, -0.25) is 63.7 Å². The Morgan fingerprint density at radius 1 is 0.310 bits per heavy atom. The summed E-state index contributed by atoms with van der Waals surface area (Å²) >= 11 is 0. The zero-order valence-electron chi connectivity index (χ0n) is 48.8. The molecule has 21 nitrogen and oxygen atoms in total. The molecule has 6 saturated heterocycles. The Bertz CT molecular complexity index is 2240. The van der Waals surface area contributed by atoms with Gasteiger partial charge in [0.15, 0.2) is 0 Å². The average molecular weight is 1160 g/mol. The lowest BCUT2D eigenvalue weighted by atomic mass is 10.1. The number of hydrogen-bond donors (Lipinski definition) is 0. The first-order valence-electron chi connectivity index (χ1n) is 27.9. The zero-order valence-corrected chi connectivity index (χ0v) is 48.8. The third-order valence-corrected chi connectivity index (χ3v) is 13.4. The molecule has 0 aromatic heterocycles. The minimum Gasteiger partial charge on any atom is -0.300 e. The number of piperazine rings is 1. The number of alkyl halides is 4. The van der Waals surface area contributed by atoms with Crippen LogP contribution in [0, 0.1) is 158 Å². The number of hydrogen-bond acceptors (Lipinski definition) is 21. The topological polar surface area (TPSA) is 232 Å². The van der Waals surface area contributed by atoms with Crippen LogP contribution in [0.25, 0.3) is 0 Å². The van der Waals surface area contributed by atoms with Gasteiger partial charge < -0.3 is 0 Å². The van der Waals surface area contributed by atoms with Gasteiger partial charge in [0.05, 0.1) is 160 Å². The molecule has 0 radical (unpaired) electrons. The van der Waals surface area contributed by atoms with Crippen molar-refractivity contribution in [2.75, 3.05) is 210 Å². The molecule has 0 spiro atoms. The predicted octanol–water partition coefficient (Wildman–Crippen LogP) is 1.84. The highest BCUT2D eigenvalue weighted by Crippen LogP contribution is 2.30. The van der Waals surface area contributed by atoms with E-state index in [0.717, 1.165) is 105 Å². The SMILES string of the molecule is C#CCCN1CCCN(CCC#N)C1.C#CCN1CC(C(F)(F)F)CN(CC#N)C1.C#CCN1CC(F)CN(CC#N)C1.C#CCN1CCCN(CC#N)C1.C#CCN1CN(CC#N)CN(CC#N)C1.N#CCCN1CCN(CCC#N)CC1. The molecule has 6 fully saturated rings. The van der Waals surface area contributed by atoms with E-state index in [4.69, 9.17) is 74.2 Å². The maximum atomic E-state index is 13.1. The van der Waals surface area contributed by atoms with Gasteiger partial charge in [-0.1, -0.05) is 23.7 Å². The van der Waals surface area contributed by atoms with Crippen molar-refractivity contribution in [2.24, 2.45) is 5.92 Å². The molecule has 6 aliphatic rings. The van der Waals surface area contributed by atoms with Crippen LogP contribution in [0.4, 0.5) is 17.6 Å². The summed E-state index contributed by atoms with van der Waals surface area (Å²) in [5.74, 6) is 11.2. The van der Waals surface area contributed by atoms with Gasteiger partial charge in [0.1, 0.15) is 6.17 Å². The summed E-state index contributed by atoms with van der Waals surface area (Å²) in [6, 6.07) is 16.7. The average Bonchev–Trinajstić information content (AvgIpc) is 3.62. The van der Waals surface area contributed by atoms with E-state index in [9.17, 15) is 17.6 Å². The molecular formula is C59H83F4N21. The van der Waals surface area contributed by atoms with Gasteiger partial charge in [-0.25, -0.2) is 4.39 Å². The summed E-state index contributed by atoms with van der Waals surface area (Å²) in [5, 5.41) is 68.0. The summed E-state index contributed by atoms with van der Waals surface area (Å²) in [6.45, 7) is 20.8. The van der Waals surface area contributed by atoms with Crippen molar-refractivity contribution in [1.82, 2.24) is 63.7 Å². The Labute approximate surface area is 499 Å². The quantitative estimate of drug-likeness (QED) is 0.115. The third-order valence-electron chi connectivity index (χ3n) is 13.4. The molecule has 6 heterocycles. The smallest absolute Gasteiger partial charge is 0.300 e. The van der Waals surface area contributed by atoms with Crippen molar-refractivity contribution < 1.29 is 17.6 Å². The molecule has 6 aliphatic heterocycles. The van der Waals surface area contributed by atoms with Gasteiger partial charge >= 0.3 is 6.18 Å².